The minimum absolute atomic E-state index is 0.143. The standard InChI is InChI=1S/C18H15N5O2S2/c24-14(15-8-4-9-26-15)7-3-10-27-18-21-13-6-2-1-5-12(13)16(25)23(18)17-19-11-20-22-17/h1-2,4-6,8-9,11H,3,7,10H2,(H,19,20,22). The number of thiophene rings is 1. The Morgan fingerprint density at radius 2 is 2.11 bits per heavy atom. The predicted octanol–water partition coefficient (Wildman–Crippen LogP) is 3.32. The monoisotopic (exact) mass is 397 g/mol. The van der Waals surface area contributed by atoms with Crippen molar-refractivity contribution >= 4 is 39.8 Å². The summed E-state index contributed by atoms with van der Waals surface area (Å²) < 4.78 is 1.43. The summed E-state index contributed by atoms with van der Waals surface area (Å²) in [7, 11) is 0. The summed E-state index contributed by atoms with van der Waals surface area (Å²) in [5.41, 5.74) is 0.435. The van der Waals surface area contributed by atoms with Crippen molar-refractivity contribution in [3.8, 4) is 5.95 Å². The van der Waals surface area contributed by atoms with E-state index in [9.17, 15) is 9.59 Å². The molecule has 136 valence electrons. The van der Waals surface area contributed by atoms with Crippen molar-refractivity contribution in [3.05, 3.63) is 63.3 Å². The van der Waals surface area contributed by atoms with Gasteiger partial charge < -0.3 is 0 Å². The van der Waals surface area contributed by atoms with Gasteiger partial charge in [0.25, 0.3) is 5.56 Å². The van der Waals surface area contributed by atoms with Gasteiger partial charge in [-0.05, 0) is 30.0 Å². The molecule has 1 aromatic carbocycles. The van der Waals surface area contributed by atoms with Gasteiger partial charge in [-0.3, -0.25) is 9.59 Å². The van der Waals surface area contributed by atoms with E-state index in [1.54, 1.807) is 12.1 Å². The zero-order chi connectivity index (χ0) is 18.6. The normalized spacial score (nSPS) is 11.1. The van der Waals surface area contributed by atoms with Crippen LogP contribution in [-0.2, 0) is 0 Å². The van der Waals surface area contributed by atoms with Crippen molar-refractivity contribution in [2.75, 3.05) is 5.75 Å². The lowest BCUT2D eigenvalue weighted by Gasteiger charge is -2.10. The van der Waals surface area contributed by atoms with Crippen LogP contribution in [-0.4, -0.2) is 36.3 Å². The van der Waals surface area contributed by atoms with Gasteiger partial charge in [-0.2, -0.15) is 10.1 Å². The Bertz CT molecular complexity index is 1120. The number of rotatable bonds is 7. The Morgan fingerprint density at radius 1 is 1.22 bits per heavy atom. The first kappa shape index (κ1) is 17.6. The van der Waals surface area contributed by atoms with E-state index in [1.807, 2.05) is 29.6 Å². The van der Waals surface area contributed by atoms with Crippen LogP contribution in [0.5, 0.6) is 0 Å². The van der Waals surface area contributed by atoms with E-state index >= 15 is 0 Å². The maximum atomic E-state index is 12.9. The molecule has 27 heavy (non-hydrogen) atoms. The Morgan fingerprint density at radius 3 is 2.89 bits per heavy atom. The SMILES string of the molecule is O=C(CCCSc1nc2ccccc2c(=O)n1-c1ncn[nH]1)c1cccs1. The van der Waals surface area contributed by atoms with Gasteiger partial charge in [-0.25, -0.2) is 14.6 Å². The lowest BCUT2D eigenvalue weighted by atomic mass is 10.2. The fourth-order valence-electron chi connectivity index (χ4n) is 2.66. The first-order valence-electron chi connectivity index (χ1n) is 8.31. The van der Waals surface area contributed by atoms with Crippen LogP contribution in [0.4, 0.5) is 0 Å². The number of thioether (sulfide) groups is 1. The van der Waals surface area contributed by atoms with Crippen LogP contribution in [0.25, 0.3) is 16.9 Å². The number of H-pyrrole nitrogens is 1. The topological polar surface area (TPSA) is 93.5 Å². The molecule has 0 aliphatic carbocycles. The van der Waals surface area contributed by atoms with Gasteiger partial charge >= 0.3 is 0 Å². The fourth-order valence-corrected chi connectivity index (χ4v) is 4.29. The van der Waals surface area contributed by atoms with Crippen LogP contribution in [0.15, 0.2) is 58.1 Å². The van der Waals surface area contributed by atoms with Crippen molar-refractivity contribution in [2.24, 2.45) is 0 Å². The molecule has 0 amide bonds. The Balaban J connectivity index is 1.56. The number of carbonyl (C=O) groups is 1. The second-order valence-electron chi connectivity index (χ2n) is 5.71. The van der Waals surface area contributed by atoms with E-state index < -0.39 is 0 Å². The van der Waals surface area contributed by atoms with Crippen LogP contribution in [0.3, 0.4) is 0 Å². The molecule has 3 aromatic heterocycles. The first-order valence-corrected chi connectivity index (χ1v) is 10.2. The van der Waals surface area contributed by atoms with E-state index in [0.717, 1.165) is 4.88 Å². The van der Waals surface area contributed by atoms with Crippen molar-refractivity contribution in [1.29, 1.82) is 0 Å². The number of carbonyl (C=O) groups excluding carboxylic acids is 1. The molecule has 4 rings (SSSR count). The van der Waals surface area contributed by atoms with Gasteiger partial charge in [0.05, 0.1) is 15.8 Å². The molecule has 0 unspecified atom stereocenters. The summed E-state index contributed by atoms with van der Waals surface area (Å²) in [6.07, 6.45) is 2.51. The first-order chi connectivity index (χ1) is 13.2. The number of Topliss-reactive ketones (excluding diaryl/α,β-unsaturated/α-hetero) is 1. The number of hydrogen-bond donors (Lipinski definition) is 1. The second kappa shape index (κ2) is 7.85. The summed E-state index contributed by atoms with van der Waals surface area (Å²) in [5, 5.41) is 9.50. The molecular weight excluding hydrogens is 382 g/mol. The van der Waals surface area contributed by atoms with Crippen molar-refractivity contribution in [3.63, 3.8) is 0 Å². The highest BCUT2D eigenvalue weighted by Gasteiger charge is 2.15. The molecule has 1 N–H and O–H groups in total. The molecule has 9 heteroatoms. The van der Waals surface area contributed by atoms with Crippen LogP contribution >= 0.6 is 23.1 Å². The smallest absolute Gasteiger partial charge is 0.269 e. The lowest BCUT2D eigenvalue weighted by molar-refractivity contribution is 0.0986. The summed E-state index contributed by atoms with van der Waals surface area (Å²) in [6.45, 7) is 0. The second-order valence-corrected chi connectivity index (χ2v) is 7.72. The minimum atomic E-state index is -0.200. The van der Waals surface area contributed by atoms with Crippen molar-refractivity contribution in [2.45, 2.75) is 18.0 Å². The average Bonchev–Trinajstić information content (AvgIpc) is 3.39. The molecule has 0 saturated carbocycles. The predicted molar refractivity (Wildman–Crippen MR) is 106 cm³/mol. The zero-order valence-electron chi connectivity index (χ0n) is 14.2. The van der Waals surface area contributed by atoms with Gasteiger partial charge in [0.1, 0.15) is 6.33 Å². The molecule has 0 fully saturated rings. The Labute approximate surface area is 162 Å². The quantitative estimate of drug-likeness (QED) is 0.223. The molecular formula is C18H15N5O2S2. The highest BCUT2D eigenvalue weighted by molar-refractivity contribution is 7.99. The van der Waals surface area contributed by atoms with E-state index in [4.69, 9.17) is 0 Å². The number of hydrogen-bond acceptors (Lipinski definition) is 7. The van der Waals surface area contributed by atoms with Crippen LogP contribution < -0.4 is 5.56 Å². The average molecular weight is 397 g/mol. The van der Waals surface area contributed by atoms with Gasteiger partial charge in [-0.15, -0.1) is 11.3 Å². The number of aromatic amines is 1. The van der Waals surface area contributed by atoms with E-state index in [-0.39, 0.29) is 11.3 Å². The molecule has 0 aliphatic rings. The van der Waals surface area contributed by atoms with Crippen molar-refractivity contribution < 1.29 is 4.79 Å². The molecule has 0 radical (unpaired) electrons. The van der Waals surface area contributed by atoms with Gasteiger partial charge in [0, 0.05) is 12.2 Å². The molecule has 0 saturated heterocycles. The van der Waals surface area contributed by atoms with Crippen LogP contribution in [0.1, 0.15) is 22.5 Å². The molecule has 0 atom stereocenters. The number of ketones is 1. The largest absolute Gasteiger partial charge is 0.293 e. The van der Waals surface area contributed by atoms with Crippen LogP contribution in [0, 0.1) is 0 Å². The minimum Gasteiger partial charge on any atom is -0.293 e. The molecule has 0 bridgehead atoms. The third kappa shape index (κ3) is 3.69. The number of para-hydroxylation sites is 1. The Hall–Kier alpha value is -2.78. The van der Waals surface area contributed by atoms with Gasteiger partial charge in [-0.1, -0.05) is 30.0 Å². The molecule has 0 aliphatic heterocycles. The van der Waals surface area contributed by atoms with E-state index in [0.29, 0.717) is 40.6 Å². The molecule has 3 heterocycles. The Kier molecular flexibility index (Phi) is 5.12. The van der Waals surface area contributed by atoms with Gasteiger partial charge in [0.2, 0.25) is 5.95 Å². The maximum Gasteiger partial charge on any atom is 0.269 e. The van der Waals surface area contributed by atoms with Gasteiger partial charge in [0.15, 0.2) is 10.9 Å². The molecule has 0 spiro atoms. The molecule has 4 aromatic rings. The number of nitrogens with zero attached hydrogens (tertiary/aromatic N) is 4. The summed E-state index contributed by atoms with van der Waals surface area (Å²) >= 11 is 2.88. The third-order valence-electron chi connectivity index (χ3n) is 3.93. The zero-order valence-corrected chi connectivity index (χ0v) is 15.8. The van der Waals surface area contributed by atoms with E-state index in [1.165, 1.54) is 34.0 Å². The summed E-state index contributed by atoms with van der Waals surface area (Å²) in [4.78, 5) is 34.5. The number of nitrogens with one attached hydrogen (secondary N) is 1. The highest BCUT2D eigenvalue weighted by Crippen LogP contribution is 2.21. The maximum absolute atomic E-state index is 12.9. The fraction of sp³-hybridized carbons (Fsp3) is 0.167. The summed E-state index contributed by atoms with van der Waals surface area (Å²) in [5.74, 6) is 1.14. The third-order valence-corrected chi connectivity index (χ3v) is 5.87. The number of fused-ring (bicyclic) bond motifs is 1. The lowest BCUT2D eigenvalue weighted by Crippen LogP contribution is -2.23. The van der Waals surface area contributed by atoms with Crippen molar-refractivity contribution in [1.82, 2.24) is 24.7 Å². The number of aromatic nitrogens is 5. The highest BCUT2D eigenvalue weighted by atomic mass is 32.2. The summed E-state index contributed by atoms with van der Waals surface area (Å²) in [6, 6.07) is 10.9. The molecule has 7 nitrogen and oxygen atoms in total. The van der Waals surface area contributed by atoms with Crippen LogP contribution in [0.2, 0.25) is 0 Å². The number of benzene rings is 1. The van der Waals surface area contributed by atoms with E-state index in [2.05, 4.69) is 20.2 Å².